The molecule has 1 aromatic carbocycles. The van der Waals surface area contributed by atoms with Crippen molar-refractivity contribution in [3.8, 4) is 11.5 Å². The molecule has 4 nitrogen and oxygen atoms in total. The highest BCUT2D eigenvalue weighted by Gasteiger charge is 2.20. The number of hydrogen-bond donors (Lipinski definition) is 2. The molecule has 0 heterocycles. The van der Waals surface area contributed by atoms with Crippen molar-refractivity contribution < 1.29 is 14.6 Å². The molecule has 0 aliphatic rings. The van der Waals surface area contributed by atoms with Crippen LogP contribution >= 0.6 is 15.9 Å². The van der Waals surface area contributed by atoms with E-state index in [0.717, 1.165) is 5.56 Å². The van der Waals surface area contributed by atoms with Crippen LogP contribution in [0.5, 0.6) is 11.5 Å². The van der Waals surface area contributed by atoms with Crippen LogP contribution in [0.4, 0.5) is 0 Å². The van der Waals surface area contributed by atoms with E-state index in [1.54, 1.807) is 14.0 Å². The number of aromatic hydroxyl groups is 1. The van der Waals surface area contributed by atoms with Crippen LogP contribution in [-0.2, 0) is 0 Å². The van der Waals surface area contributed by atoms with E-state index in [-0.39, 0.29) is 23.8 Å². The number of phenols is 1. The Morgan fingerprint density at radius 1 is 1.62 bits per heavy atom. The Kier molecular flexibility index (Phi) is 4.32. The van der Waals surface area contributed by atoms with Crippen LogP contribution in [0.1, 0.15) is 15.9 Å². The minimum absolute atomic E-state index is 0.0422. The molecule has 0 aromatic heterocycles. The average molecular weight is 288 g/mol. The van der Waals surface area contributed by atoms with E-state index in [2.05, 4.69) is 21.2 Å². The van der Waals surface area contributed by atoms with Gasteiger partial charge in [-0.05, 0) is 25.6 Å². The molecule has 16 heavy (non-hydrogen) atoms. The fourth-order valence-corrected chi connectivity index (χ4v) is 1.92. The predicted molar refractivity (Wildman–Crippen MR) is 65.4 cm³/mol. The summed E-state index contributed by atoms with van der Waals surface area (Å²) in [5.74, 6) is 0.0637. The minimum atomic E-state index is -0.117. The Morgan fingerprint density at radius 3 is 2.75 bits per heavy atom. The molecule has 0 fully saturated rings. The molecule has 0 saturated heterocycles. The van der Waals surface area contributed by atoms with Gasteiger partial charge in [0.2, 0.25) is 0 Å². The van der Waals surface area contributed by atoms with Crippen molar-refractivity contribution >= 4 is 21.7 Å². The fraction of sp³-hybridized carbons (Fsp3) is 0.364. The topological polar surface area (TPSA) is 58.6 Å². The maximum Gasteiger partial charge on any atom is 0.180 e. The third-order valence-corrected chi connectivity index (χ3v) is 3.10. The second-order valence-electron chi connectivity index (χ2n) is 3.36. The number of ketones is 1. The van der Waals surface area contributed by atoms with Crippen LogP contribution in [-0.4, -0.2) is 31.6 Å². The lowest BCUT2D eigenvalue weighted by Gasteiger charge is -2.13. The van der Waals surface area contributed by atoms with E-state index in [4.69, 9.17) is 4.74 Å². The number of ether oxygens (including phenoxy) is 1. The van der Waals surface area contributed by atoms with Crippen LogP contribution in [0.3, 0.4) is 0 Å². The average Bonchev–Trinajstić information content (AvgIpc) is 2.23. The molecule has 2 N–H and O–H groups in total. The van der Waals surface area contributed by atoms with Crippen LogP contribution < -0.4 is 10.1 Å². The van der Waals surface area contributed by atoms with Crippen LogP contribution in [0.2, 0.25) is 0 Å². The molecule has 0 aliphatic heterocycles. The van der Waals surface area contributed by atoms with E-state index in [9.17, 15) is 9.90 Å². The van der Waals surface area contributed by atoms with Crippen molar-refractivity contribution in [3.05, 3.63) is 21.7 Å². The number of Topliss-reactive ketones (excluding diaryl/α,β-unsaturated/α-hetero) is 1. The van der Waals surface area contributed by atoms with Gasteiger partial charge in [0.1, 0.15) is 0 Å². The number of benzene rings is 1. The van der Waals surface area contributed by atoms with E-state index in [0.29, 0.717) is 10.0 Å². The third-order valence-electron chi connectivity index (χ3n) is 2.28. The van der Waals surface area contributed by atoms with Crippen molar-refractivity contribution in [3.63, 3.8) is 0 Å². The van der Waals surface area contributed by atoms with Gasteiger partial charge < -0.3 is 15.2 Å². The maximum atomic E-state index is 11.9. The molecule has 0 bridgehead atoms. The Morgan fingerprint density at radius 2 is 2.25 bits per heavy atom. The summed E-state index contributed by atoms with van der Waals surface area (Å²) < 4.78 is 5.75. The number of rotatable bonds is 4. The van der Waals surface area contributed by atoms with E-state index in [1.807, 2.05) is 0 Å². The lowest BCUT2D eigenvalue weighted by atomic mass is 10.0. The first kappa shape index (κ1) is 13.0. The van der Waals surface area contributed by atoms with Crippen molar-refractivity contribution in [1.82, 2.24) is 5.32 Å². The van der Waals surface area contributed by atoms with E-state index < -0.39 is 0 Å². The van der Waals surface area contributed by atoms with Gasteiger partial charge in [0.15, 0.2) is 17.3 Å². The normalized spacial score (nSPS) is 10.2. The second-order valence-corrected chi connectivity index (χ2v) is 4.22. The smallest absolute Gasteiger partial charge is 0.180 e. The molecular weight excluding hydrogens is 274 g/mol. The summed E-state index contributed by atoms with van der Waals surface area (Å²) in [4.78, 5) is 11.9. The van der Waals surface area contributed by atoms with Gasteiger partial charge in [-0.1, -0.05) is 15.9 Å². The van der Waals surface area contributed by atoms with Gasteiger partial charge in [0.05, 0.1) is 19.2 Å². The van der Waals surface area contributed by atoms with Gasteiger partial charge in [-0.15, -0.1) is 0 Å². The van der Waals surface area contributed by atoms with Gasteiger partial charge in [-0.2, -0.15) is 0 Å². The molecule has 0 radical (unpaired) electrons. The quantitative estimate of drug-likeness (QED) is 0.830. The monoisotopic (exact) mass is 287 g/mol. The molecule has 0 aliphatic carbocycles. The highest BCUT2D eigenvalue weighted by molar-refractivity contribution is 9.10. The third kappa shape index (κ3) is 2.36. The fourth-order valence-electron chi connectivity index (χ4n) is 1.50. The number of carbonyl (C=O) groups is 1. The molecule has 1 aromatic rings. The molecule has 0 atom stereocenters. The Hall–Kier alpha value is -1.07. The largest absolute Gasteiger partial charge is 0.504 e. The summed E-state index contributed by atoms with van der Waals surface area (Å²) in [5.41, 5.74) is 1.17. The number of likely N-dealkylation sites (N-methyl/N-ethyl adjacent to an activating group) is 1. The molecular formula is C11H14BrNO3. The summed E-state index contributed by atoms with van der Waals surface area (Å²) in [5, 5.41) is 12.5. The lowest BCUT2D eigenvalue weighted by molar-refractivity contribution is 0.0989. The summed E-state index contributed by atoms with van der Waals surface area (Å²) in [7, 11) is 3.12. The summed E-state index contributed by atoms with van der Waals surface area (Å²) in [6.07, 6.45) is 0. The van der Waals surface area contributed by atoms with Crippen molar-refractivity contribution in [1.29, 1.82) is 0 Å². The van der Waals surface area contributed by atoms with Gasteiger partial charge >= 0.3 is 0 Å². The minimum Gasteiger partial charge on any atom is -0.504 e. The Labute approximate surface area is 103 Å². The first-order chi connectivity index (χ1) is 7.52. The van der Waals surface area contributed by atoms with Crippen LogP contribution in [0.25, 0.3) is 0 Å². The Bertz CT molecular complexity index is 418. The predicted octanol–water partition coefficient (Wildman–Crippen LogP) is 1.87. The van der Waals surface area contributed by atoms with Crippen LogP contribution in [0, 0.1) is 6.92 Å². The maximum absolute atomic E-state index is 11.9. The molecule has 0 unspecified atom stereocenters. The number of phenolic OH excluding ortho intramolecular Hbond substituents is 1. The number of carbonyl (C=O) groups excluding carboxylic acids is 1. The van der Waals surface area contributed by atoms with Gasteiger partial charge in [-0.3, -0.25) is 4.79 Å². The van der Waals surface area contributed by atoms with Crippen molar-refractivity contribution in [2.45, 2.75) is 6.92 Å². The first-order valence-corrected chi connectivity index (χ1v) is 5.56. The summed E-state index contributed by atoms with van der Waals surface area (Å²) in [6.45, 7) is 2.00. The summed E-state index contributed by atoms with van der Waals surface area (Å²) >= 11 is 3.29. The van der Waals surface area contributed by atoms with E-state index >= 15 is 0 Å². The van der Waals surface area contributed by atoms with Crippen molar-refractivity contribution in [2.75, 3.05) is 20.7 Å². The highest BCUT2D eigenvalue weighted by atomic mass is 79.9. The number of methoxy groups -OCH3 is 1. The highest BCUT2D eigenvalue weighted by Crippen LogP contribution is 2.37. The summed E-state index contributed by atoms with van der Waals surface area (Å²) in [6, 6.07) is 1.52. The number of halogens is 1. The van der Waals surface area contributed by atoms with Crippen molar-refractivity contribution in [2.24, 2.45) is 0 Å². The number of hydrogen-bond acceptors (Lipinski definition) is 4. The van der Waals surface area contributed by atoms with Gasteiger partial charge in [-0.25, -0.2) is 0 Å². The molecule has 1 rings (SSSR count). The molecule has 5 heteroatoms. The second kappa shape index (κ2) is 5.32. The zero-order chi connectivity index (χ0) is 12.3. The molecule has 0 spiro atoms. The van der Waals surface area contributed by atoms with Gasteiger partial charge in [0, 0.05) is 4.47 Å². The zero-order valence-electron chi connectivity index (χ0n) is 9.43. The molecule has 0 saturated carbocycles. The standard InChI is InChI=1S/C11H14BrNO3/c1-6-7(12)4-8(14)11(16-3)10(6)9(15)5-13-2/h4,13-14H,5H2,1-3H3. The molecule has 0 amide bonds. The lowest BCUT2D eigenvalue weighted by Crippen LogP contribution is -2.20. The molecule has 88 valence electrons. The van der Waals surface area contributed by atoms with E-state index in [1.165, 1.54) is 13.2 Å². The SMILES string of the molecule is CNCC(=O)c1c(C)c(Br)cc(O)c1OC. The number of nitrogens with one attached hydrogen (secondary N) is 1. The zero-order valence-corrected chi connectivity index (χ0v) is 11.0. The van der Waals surface area contributed by atoms with Gasteiger partial charge in [0.25, 0.3) is 0 Å². The Balaban J connectivity index is 3.38. The van der Waals surface area contributed by atoms with Crippen LogP contribution in [0.15, 0.2) is 10.5 Å². The first-order valence-electron chi connectivity index (χ1n) is 4.76.